The van der Waals surface area contributed by atoms with Gasteiger partial charge >= 0.3 is 6.09 Å². The summed E-state index contributed by atoms with van der Waals surface area (Å²) >= 11 is 3.33. The summed E-state index contributed by atoms with van der Waals surface area (Å²) in [6.07, 6.45) is 2.51. The van der Waals surface area contributed by atoms with E-state index in [1.54, 1.807) is 33.9 Å². The number of amidine groups is 1. The van der Waals surface area contributed by atoms with Gasteiger partial charge in [0.15, 0.2) is 0 Å². The van der Waals surface area contributed by atoms with E-state index in [0.29, 0.717) is 20.9 Å². The van der Waals surface area contributed by atoms with Crippen molar-refractivity contribution < 1.29 is 14.3 Å². The van der Waals surface area contributed by atoms with Gasteiger partial charge in [0.2, 0.25) is 5.91 Å². The lowest BCUT2D eigenvalue weighted by atomic mass is 10.2. The first-order valence-electron chi connectivity index (χ1n) is 6.62. The molecule has 0 aromatic carbocycles. The van der Waals surface area contributed by atoms with E-state index in [1.807, 2.05) is 0 Å². The number of aromatic nitrogens is 1. The molecule has 1 N–H and O–H groups in total. The van der Waals surface area contributed by atoms with Crippen LogP contribution >= 0.6 is 15.9 Å². The summed E-state index contributed by atoms with van der Waals surface area (Å²) in [6.45, 7) is 12.3. The molecule has 0 spiro atoms. The van der Waals surface area contributed by atoms with Crippen LogP contribution in [0.3, 0.4) is 0 Å². The van der Waals surface area contributed by atoms with Crippen molar-refractivity contribution in [1.82, 2.24) is 9.88 Å². The number of nitrogens with zero attached hydrogens (tertiary/aromatic N) is 2. The van der Waals surface area contributed by atoms with Gasteiger partial charge in [0.25, 0.3) is 0 Å². The standard InChI is InChI=1S/C15H20BrN3O3/c1-9-12(16)8-19(14(21)22-15(4,5)6)13(9)7-17-10(2)18-11(3)20/h7-8H,1H2,2-6H3,(H,17,18,20)/b13-7+. The first-order valence-corrected chi connectivity index (χ1v) is 7.42. The number of carbonyl (C=O) groups excluding carboxylic acids is 2. The summed E-state index contributed by atoms with van der Waals surface area (Å²) in [5.74, 6) is 0.202. The van der Waals surface area contributed by atoms with Crippen LogP contribution in [0.25, 0.3) is 12.8 Å². The van der Waals surface area contributed by atoms with Crippen molar-refractivity contribution >= 4 is 46.5 Å². The molecule has 1 aromatic heterocycles. The molecule has 1 rings (SSSR count). The van der Waals surface area contributed by atoms with Crippen LogP contribution in [0.15, 0.2) is 15.7 Å². The zero-order valence-electron chi connectivity index (χ0n) is 13.4. The Labute approximate surface area is 137 Å². The van der Waals surface area contributed by atoms with Crippen molar-refractivity contribution in [1.29, 1.82) is 0 Å². The molecule has 6 nitrogen and oxygen atoms in total. The number of rotatable bonds is 1. The molecule has 1 heterocycles. The molecule has 0 bridgehead atoms. The van der Waals surface area contributed by atoms with Gasteiger partial charge in [0.05, 0.1) is 11.5 Å². The smallest absolute Gasteiger partial charge is 0.419 e. The SMILES string of the molecule is C=c1c(Br)cn(C(=O)OC(C)(C)C)/c1=C/N=C(C)NC(C)=O. The van der Waals surface area contributed by atoms with Crippen molar-refractivity contribution in [3.05, 3.63) is 21.2 Å². The highest BCUT2D eigenvalue weighted by Crippen LogP contribution is 2.09. The lowest BCUT2D eigenvalue weighted by molar-refractivity contribution is -0.117. The van der Waals surface area contributed by atoms with Gasteiger partial charge in [-0.15, -0.1) is 0 Å². The van der Waals surface area contributed by atoms with Crippen LogP contribution in [0, 0.1) is 0 Å². The number of carbonyl (C=O) groups is 2. The quantitative estimate of drug-likeness (QED) is 0.605. The van der Waals surface area contributed by atoms with E-state index in [2.05, 4.69) is 32.8 Å². The molecule has 0 unspecified atom stereocenters. The maximum absolute atomic E-state index is 12.2. The minimum Gasteiger partial charge on any atom is -0.443 e. The molecule has 0 saturated carbocycles. The third-order valence-corrected chi connectivity index (χ3v) is 3.11. The van der Waals surface area contributed by atoms with Gasteiger partial charge in [0, 0.05) is 22.8 Å². The van der Waals surface area contributed by atoms with Crippen molar-refractivity contribution in [2.24, 2.45) is 4.99 Å². The Hall–Kier alpha value is -1.89. The van der Waals surface area contributed by atoms with Crippen molar-refractivity contribution in [2.45, 2.75) is 40.2 Å². The Morgan fingerprint density at radius 1 is 1.41 bits per heavy atom. The molecule has 1 amide bonds. The van der Waals surface area contributed by atoms with E-state index in [9.17, 15) is 9.59 Å². The summed E-state index contributed by atoms with van der Waals surface area (Å²) in [5, 5.41) is 3.63. The van der Waals surface area contributed by atoms with Gasteiger partial charge in [-0.05, 0) is 43.6 Å². The van der Waals surface area contributed by atoms with Crippen LogP contribution in [0.1, 0.15) is 34.6 Å². The largest absolute Gasteiger partial charge is 0.443 e. The van der Waals surface area contributed by atoms with Crippen LogP contribution in [-0.2, 0) is 9.53 Å². The predicted octanol–water partition coefficient (Wildman–Crippen LogP) is 1.74. The summed E-state index contributed by atoms with van der Waals surface area (Å²) < 4.78 is 7.33. The highest BCUT2D eigenvalue weighted by Gasteiger charge is 2.19. The number of nitrogens with one attached hydrogen (secondary N) is 1. The number of aliphatic imine (C=N–C) groups is 1. The molecule has 1 aromatic rings. The molecule has 120 valence electrons. The number of hydrogen-bond acceptors (Lipinski definition) is 4. The average Bonchev–Trinajstić information content (AvgIpc) is 2.60. The minimum absolute atomic E-state index is 0.215. The Bertz CT molecular complexity index is 726. The second kappa shape index (κ2) is 6.91. The fraction of sp³-hybridized carbons (Fsp3) is 0.400. The van der Waals surface area contributed by atoms with Gasteiger partial charge in [-0.3, -0.25) is 4.79 Å². The van der Waals surface area contributed by atoms with E-state index in [0.717, 1.165) is 0 Å². The van der Waals surface area contributed by atoms with E-state index < -0.39 is 11.7 Å². The van der Waals surface area contributed by atoms with Crippen LogP contribution < -0.4 is 15.9 Å². The first kappa shape index (κ1) is 18.2. The minimum atomic E-state index is -0.609. The second-order valence-corrected chi connectivity index (χ2v) is 6.57. The molecule has 22 heavy (non-hydrogen) atoms. The van der Waals surface area contributed by atoms with E-state index in [1.165, 1.54) is 17.7 Å². The highest BCUT2D eigenvalue weighted by molar-refractivity contribution is 9.10. The maximum atomic E-state index is 12.2. The third kappa shape index (κ3) is 5.14. The molecular weight excluding hydrogens is 350 g/mol. The average molecular weight is 370 g/mol. The number of ether oxygens (including phenoxy) is 1. The Kier molecular flexibility index (Phi) is 5.71. The first-order chi connectivity index (χ1) is 10.0. The molecule has 0 aliphatic carbocycles. The highest BCUT2D eigenvalue weighted by atomic mass is 79.9. The summed E-state index contributed by atoms with van der Waals surface area (Å²) in [5.41, 5.74) is -0.609. The third-order valence-electron chi connectivity index (χ3n) is 2.43. The molecule has 0 saturated heterocycles. The number of halogens is 1. The molecule has 0 aliphatic heterocycles. The molecule has 0 atom stereocenters. The fourth-order valence-corrected chi connectivity index (χ4v) is 1.98. The number of amides is 1. The summed E-state index contributed by atoms with van der Waals surface area (Å²) in [6, 6.07) is 0. The molecule has 0 aliphatic rings. The lowest BCUT2D eigenvalue weighted by Gasteiger charge is -2.19. The van der Waals surface area contributed by atoms with Gasteiger partial charge in [-0.25, -0.2) is 14.4 Å². The zero-order valence-corrected chi connectivity index (χ0v) is 14.9. The Balaban J connectivity index is 3.28. The van der Waals surface area contributed by atoms with Gasteiger partial charge < -0.3 is 10.1 Å². The maximum Gasteiger partial charge on any atom is 0.419 e. The summed E-state index contributed by atoms with van der Waals surface area (Å²) in [4.78, 5) is 27.3. The van der Waals surface area contributed by atoms with Gasteiger partial charge in [-0.1, -0.05) is 6.58 Å². The van der Waals surface area contributed by atoms with Crippen LogP contribution in [0.2, 0.25) is 0 Å². The molecular formula is C15H20BrN3O3. The zero-order chi connectivity index (χ0) is 17.1. The number of hydrogen-bond donors (Lipinski definition) is 1. The van der Waals surface area contributed by atoms with Gasteiger partial charge in [-0.2, -0.15) is 0 Å². The second-order valence-electron chi connectivity index (χ2n) is 5.72. The fourth-order valence-electron chi connectivity index (χ4n) is 1.58. The Morgan fingerprint density at radius 2 is 2.00 bits per heavy atom. The van der Waals surface area contributed by atoms with Crippen LogP contribution in [0.5, 0.6) is 0 Å². The van der Waals surface area contributed by atoms with Crippen LogP contribution in [-0.4, -0.2) is 28.0 Å². The molecule has 0 fully saturated rings. The monoisotopic (exact) mass is 369 g/mol. The van der Waals surface area contributed by atoms with Crippen molar-refractivity contribution in [3.8, 4) is 0 Å². The van der Waals surface area contributed by atoms with Crippen molar-refractivity contribution in [2.75, 3.05) is 0 Å². The topological polar surface area (TPSA) is 72.7 Å². The molecule has 0 radical (unpaired) electrons. The van der Waals surface area contributed by atoms with Gasteiger partial charge in [0.1, 0.15) is 11.4 Å². The molecule has 7 heteroatoms. The van der Waals surface area contributed by atoms with Crippen LogP contribution in [0.4, 0.5) is 4.79 Å². The van der Waals surface area contributed by atoms with E-state index in [4.69, 9.17) is 4.74 Å². The van der Waals surface area contributed by atoms with E-state index >= 15 is 0 Å². The normalized spacial score (nSPS) is 13.2. The Morgan fingerprint density at radius 3 is 2.50 bits per heavy atom. The lowest BCUT2D eigenvalue weighted by Crippen LogP contribution is -2.36. The van der Waals surface area contributed by atoms with Crippen molar-refractivity contribution in [3.63, 3.8) is 0 Å². The summed E-state index contributed by atoms with van der Waals surface area (Å²) in [7, 11) is 0. The van der Waals surface area contributed by atoms with E-state index in [-0.39, 0.29) is 5.91 Å². The predicted molar refractivity (Wildman–Crippen MR) is 89.9 cm³/mol.